The van der Waals surface area contributed by atoms with E-state index in [-0.39, 0.29) is 6.04 Å². The molecule has 0 spiro atoms. The summed E-state index contributed by atoms with van der Waals surface area (Å²) in [6, 6.07) is 14.8. The van der Waals surface area contributed by atoms with Gasteiger partial charge in [0, 0.05) is 52.1 Å². The zero-order valence-electron chi connectivity index (χ0n) is 18.1. The van der Waals surface area contributed by atoms with Crippen LogP contribution in [-0.2, 0) is 0 Å². The third kappa shape index (κ3) is 3.09. The maximum atomic E-state index is 5.94. The standard InChI is InChI=1S/C25H20N8S/c26-15-12-33(13-15)23-11-27-10-21(29-23)14-3-4-19-18(8-14)24(32-31-19)20-9-17-16(22-2-1-7-34-22)5-6-28-25(17)30-20/h1-11,15H,12-13,26H2,(H,28,30)(H,31,32). The van der Waals surface area contributed by atoms with Crippen LogP contribution >= 0.6 is 11.3 Å². The van der Waals surface area contributed by atoms with Crippen LogP contribution in [0.15, 0.2) is 66.4 Å². The monoisotopic (exact) mass is 464 g/mol. The highest BCUT2D eigenvalue weighted by molar-refractivity contribution is 7.13. The zero-order valence-corrected chi connectivity index (χ0v) is 18.9. The van der Waals surface area contributed by atoms with Crippen LogP contribution in [0.1, 0.15) is 0 Å². The van der Waals surface area contributed by atoms with Crippen LogP contribution in [0.5, 0.6) is 0 Å². The number of pyridine rings is 1. The highest BCUT2D eigenvalue weighted by Gasteiger charge is 2.24. The van der Waals surface area contributed by atoms with Gasteiger partial charge in [-0.15, -0.1) is 11.3 Å². The first-order chi connectivity index (χ1) is 16.7. The van der Waals surface area contributed by atoms with Gasteiger partial charge in [0.25, 0.3) is 0 Å². The number of hydrogen-bond donors (Lipinski definition) is 3. The molecule has 4 N–H and O–H groups in total. The molecule has 6 heterocycles. The molecule has 6 aromatic rings. The third-order valence-corrected chi connectivity index (χ3v) is 7.19. The summed E-state index contributed by atoms with van der Waals surface area (Å²) in [5, 5.41) is 12.0. The Hall–Kier alpha value is -4.08. The Kier molecular flexibility index (Phi) is 4.26. The van der Waals surface area contributed by atoms with E-state index in [0.717, 1.165) is 63.5 Å². The molecule has 0 amide bonds. The van der Waals surface area contributed by atoms with E-state index in [1.54, 1.807) is 23.7 Å². The Morgan fingerprint density at radius 1 is 1.06 bits per heavy atom. The molecule has 34 heavy (non-hydrogen) atoms. The molecule has 1 aliphatic heterocycles. The van der Waals surface area contributed by atoms with Gasteiger partial charge in [0.05, 0.1) is 29.3 Å². The molecule has 7 rings (SSSR count). The molecule has 1 aromatic carbocycles. The molecule has 8 nitrogen and oxygen atoms in total. The Morgan fingerprint density at radius 3 is 2.85 bits per heavy atom. The number of fused-ring (bicyclic) bond motifs is 2. The van der Waals surface area contributed by atoms with Crippen LogP contribution in [0.25, 0.3) is 55.0 Å². The number of nitrogens with two attached hydrogens (primary N) is 1. The summed E-state index contributed by atoms with van der Waals surface area (Å²) in [6.07, 6.45) is 5.43. The van der Waals surface area contributed by atoms with Crippen molar-refractivity contribution in [1.29, 1.82) is 0 Å². The number of benzene rings is 1. The Bertz CT molecular complexity index is 1640. The number of rotatable bonds is 4. The summed E-state index contributed by atoms with van der Waals surface area (Å²) in [5.74, 6) is 0.856. The first-order valence-electron chi connectivity index (χ1n) is 11.1. The molecule has 0 aliphatic carbocycles. The molecular weight excluding hydrogens is 444 g/mol. The number of thiophene rings is 1. The van der Waals surface area contributed by atoms with Crippen LogP contribution in [0, 0.1) is 0 Å². The molecule has 1 saturated heterocycles. The van der Waals surface area contributed by atoms with Crippen molar-refractivity contribution in [2.45, 2.75) is 6.04 Å². The van der Waals surface area contributed by atoms with Crippen LogP contribution in [0.4, 0.5) is 5.82 Å². The van der Waals surface area contributed by atoms with Gasteiger partial charge in [-0.1, -0.05) is 12.1 Å². The Labute approximate surface area is 198 Å². The molecule has 0 atom stereocenters. The van der Waals surface area contributed by atoms with Crippen molar-refractivity contribution in [3.05, 3.63) is 66.4 Å². The number of aromatic amines is 2. The minimum absolute atomic E-state index is 0.210. The fourth-order valence-corrected chi connectivity index (χ4v) is 5.29. The summed E-state index contributed by atoms with van der Waals surface area (Å²) in [6.45, 7) is 1.62. The van der Waals surface area contributed by atoms with Gasteiger partial charge in [0.15, 0.2) is 0 Å². The molecule has 166 valence electrons. The molecule has 1 fully saturated rings. The van der Waals surface area contributed by atoms with E-state index in [1.165, 1.54) is 10.4 Å². The predicted molar refractivity (Wildman–Crippen MR) is 136 cm³/mol. The number of H-pyrrole nitrogens is 2. The van der Waals surface area contributed by atoms with Crippen molar-refractivity contribution in [3.8, 4) is 33.1 Å². The average molecular weight is 465 g/mol. The lowest BCUT2D eigenvalue weighted by atomic mass is 10.1. The summed E-state index contributed by atoms with van der Waals surface area (Å²) in [5.41, 5.74) is 12.5. The number of hydrogen-bond acceptors (Lipinski definition) is 7. The van der Waals surface area contributed by atoms with Gasteiger partial charge in [0.2, 0.25) is 0 Å². The predicted octanol–water partition coefficient (Wildman–Crippen LogP) is 4.44. The van der Waals surface area contributed by atoms with Crippen LogP contribution in [-0.4, -0.2) is 49.3 Å². The highest BCUT2D eigenvalue weighted by atomic mass is 32.1. The normalized spacial score (nSPS) is 14.2. The lowest BCUT2D eigenvalue weighted by Gasteiger charge is -2.37. The van der Waals surface area contributed by atoms with E-state index in [1.807, 2.05) is 18.3 Å². The summed E-state index contributed by atoms with van der Waals surface area (Å²) < 4.78 is 0. The minimum Gasteiger partial charge on any atom is -0.352 e. The molecule has 0 unspecified atom stereocenters. The highest BCUT2D eigenvalue weighted by Crippen LogP contribution is 2.35. The van der Waals surface area contributed by atoms with Gasteiger partial charge >= 0.3 is 0 Å². The number of anilines is 1. The Morgan fingerprint density at radius 2 is 2.00 bits per heavy atom. The van der Waals surface area contributed by atoms with E-state index in [4.69, 9.17) is 10.7 Å². The molecule has 1 aliphatic rings. The largest absolute Gasteiger partial charge is 0.352 e. The molecule has 0 saturated carbocycles. The fourth-order valence-electron chi connectivity index (χ4n) is 4.53. The van der Waals surface area contributed by atoms with Gasteiger partial charge in [0.1, 0.15) is 17.2 Å². The second-order valence-corrected chi connectivity index (χ2v) is 9.49. The number of nitrogens with zero attached hydrogens (tertiary/aromatic N) is 5. The van der Waals surface area contributed by atoms with Crippen molar-refractivity contribution >= 4 is 39.1 Å². The maximum Gasteiger partial charge on any atom is 0.147 e. The van der Waals surface area contributed by atoms with Gasteiger partial charge in [-0.25, -0.2) is 9.97 Å². The second-order valence-electron chi connectivity index (χ2n) is 8.54. The smallest absolute Gasteiger partial charge is 0.147 e. The van der Waals surface area contributed by atoms with Crippen LogP contribution < -0.4 is 10.6 Å². The topological polar surface area (TPSA) is 112 Å². The van der Waals surface area contributed by atoms with E-state index in [2.05, 4.69) is 65.8 Å². The van der Waals surface area contributed by atoms with E-state index in [9.17, 15) is 0 Å². The maximum absolute atomic E-state index is 5.94. The van der Waals surface area contributed by atoms with Gasteiger partial charge in [-0.3, -0.25) is 10.1 Å². The number of aromatic nitrogens is 6. The fraction of sp³-hybridized carbons (Fsp3) is 0.120. The molecule has 0 bridgehead atoms. The second kappa shape index (κ2) is 7.47. The first-order valence-corrected chi connectivity index (χ1v) is 11.9. The zero-order chi connectivity index (χ0) is 22.6. The van der Waals surface area contributed by atoms with Crippen molar-refractivity contribution in [2.24, 2.45) is 5.73 Å². The third-order valence-electron chi connectivity index (χ3n) is 6.29. The molecule has 0 radical (unpaired) electrons. The van der Waals surface area contributed by atoms with E-state index < -0.39 is 0 Å². The van der Waals surface area contributed by atoms with Crippen molar-refractivity contribution in [3.63, 3.8) is 0 Å². The summed E-state index contributed by atoms with van der Waals surface area (Å²) in [7, 11) is 0. The molecule has 9 heteroatoms. The quantitative estimate of drug-likeness (QED) is 0.356. The van der Waals surface area contributed by atoms with E-state index >= 15 is 0 Å². The van der Waals surface area contributed by atoms with Crippen molar-refractivity contribution in [1.82, 2.24) is 30.1 Å². The first kappa shape index (κ1) is 19.4. The van der Waals surface area contributed by atoms with Gasteiger partial charge in [-0.05, 0) is 35.7 Å². The Balaban J connectivity index is 1.31. The average Bonchev–Trinajstić information content (AvgIpc) is 3.60. The molecule has 5 aromatic heterocycles. The summed E-state index contributed by atoms with van der Waals surface area (Å²) in [4.78, 5) is 20.6. The number of nitrogens with one attached hydrogen (secondary N) is 2. The van der Waals surface area contributed by atoms with Crippen LogP contribution in [0.2, 0.25) is 0 Å². The van der Waals surface area contributed by atoms with Gasteiger partial charge < -0.3 is 15.6 Å². The minimum atomic E-state index is 0.210. The van der Waals surface area contributed by atoms with Crippen LogP contribution in [0.3, 0.4) is 0 Å². The van der Waals surface area contributed by atoms with Crippen molar-refractivity contribution in [2.75, 3.05) is 18.0 Å². The lowest BCUT2D eigenvalue weighted by Crippen LogP contribution is -2.56. The van der Waals surface area contributed by atoms with Gasteiger partial charge in [-0.2, -0.15) is 5.10 Å². The lowest BCUT2D eigenvalue weighted by molar-refractivity contribution is 0.514. The van der Waals surface area contributed by atoms with Crippen molar-refractivity contribution < 1.29 is 0 Å². The molecular formula is C25H20N8S. The summed E-state index contributed by atoms with van der Waals surface area (Å²) >= 11 is 1.72. The van der Waals surface area contributed by atoms with E-state index in [0.29, 0.717) is 0 Å². The SMILES string of the molecule is NC1CN(c2cncc(-c3ccc4[nH]nc(-c5cc6c(-c7cccs7)ccnc6[nH]5)c4c3)n2)C1.